The Hall–Kier alpha value is -3.30. The van der Waals surface area contributed by atoms with Crippen molar-refractivity contribution >= 4 is 28.8 Å². The molecule has 0 unspecified atom stereocenters. The maximum Gasteiger partial charge on any atom is 0.338 e. The highest BCUT2D eigenvalue weighted by atomic mass is 32.2. The van der Waals surface area contributed by atoms with E-state index in [9.17, 15) is 9.59 Å². The van der Waals surface area contributed by atoms with E-state index in [0.29, 0.717) is 36.1 Å². The molecule has 2 aliphatic rings. The van der Waals surface area contributed by atoms with Crippen LogP contribution in [0.4, 0.5) is 0 Å². The van der Waals surface area contributed by atoms with Gasteiger partial charge >= 0.3 is 5.97 Å². The third-order valence-electron chi connectivity index (χ3n) is 6.04. The number of thioether (sulfide) groups is 1. The van der Waals surface area contributed by atoms with Crippen molar-refractivity contribution in [1.29, 1.82) is 0 Å². The normalized spacial score (nSPS) is 17.1. The van der Waals surface area contributed by atoms with Crippen molar-refractivity contribution in [1.82, 2.24) is 10.2 Å². The van der Waals surface area contributed by atoms with Gasteiger partial charge in [-0.15, -0.1) is 0 Å². The molecule has 190 valence electrons. The van der Waals surface area contributed by atoms with Gasteiger partial charge in [0.05, 0.1) is 43.1 Å². The number of fused-ring (bicyclic) bond motifs is 1. The zero-order chi connectivity index (χ0) is 25.7. The lowest BCUT2D eigenvalue weighted by Crippen LogP contribution is -2.38. The highest BCUT2D eigenvalue weighted by Gasteiger charge is 2.41. The largest absolute Gasteiger partial charge is 0.467 e. The van der Waals surface area contributed by atoms with Crippen molar-refractivity contribution < 1.29 is 23.5 Å². The Bertz CT molecular complexity index is 1180. The maximum absolute atomic E-state index is 13.2. The number of amidine groups is 1. The second-order valence-corrected chi connectivity index (χ2v) is 9.71. The van der Waals surface area contributed by atoms with Crippen molar-refractivity contribution in [2.24, 2.45) is 4.99 Å². The molecule has 0 bridgehead atoms. The van der Waals surface area contributed by atoms with Gasteiger partial charge in [0.25, 0.3) is 0 Å². The third kappa shape index (κ3) is 5.74. The second kappa shape index (κ2) is 11.6. The molecule has 0 radical (unpaired) electrons. The van der Waals surface area contributed by atoms with Crippen LogP contribution in [0, 0.1) is 0 Å². The number of hydrogen-bond acceptors (Lipinski definition) is 8. The predicted octanol–water partition coefficient (Wildman–Crippen LogP) is 4.87. The highest BCUT2D eigenvalue weighted by molar-refractivity contribution is 8.16. The Balaban J connectivity index is 1.62. The Morgan fingerprint density at radius 3 is 2.64 bits per heavy atom. The van der Waals surface area contributed by atoms with Crippen LogP contribution in [0.25, 0.3) is 0 Å². The minimum atomic E-state index is -0.465. The molecule has 0 spiro atoms. The summed E-state index contributed by atoms with van der Waals surface area (Å²) < 4.78 is 15.9. The molecule has 3 heterocycles. The SMILES string of the molecule is COCCOC(=O)C1=C(C)N=C2SC=C(CC(=O)NCc3ccco3)N2[C@H]1c1ccc(C(C)C)cc1. The average Bonchev–Trinajstić information content (AvgIpc) is 3.52. The third-order valence-corrected chi connectivity index (χ3v) is 6.93. The molecule has 36 heavy (non-hydrogen) atoms. The molecule has 1 atom stereocenters. The molecule has 1 N–H and O–H groups in total. The summed E-state index contributed by atoms with van der Waals surface area (Å²) in [6.07, 6.45) is 1.71. The lowest BCUT2D eigenvalue weighted by atomic mass is 9.92. The van der Waals surface area contributed by atoms with E-state index in [2.05, 4.69) is 31.3 Å². The summed E-state index contributed by atoms with van der Waals surface area (Å²) in [5.74, 6) is 0.475. The number of carbonyl (C=O) groups is 2. The van der Waals surface area contributed by atoms with Crippen LogP contribution in [0.5, 0.6) is 0 Å². The Kier molecular flexibility index (Phi) is 8.32. The molecule has 9 heteroatoms. The van der Waals surface area contributed by atoms with Crippen LogP contribution in [-0.2, 0) is 25.6 Å². The first-order valence-electron chi connectivity index (χ1n) is 11.9. The first-order valence-corrected chi connectivity index (χ1v) is 12.8. The number of nitrogens with zero attached hydrogens (tertiary/aromatic N) is 2. The van der Waals surface area contributed by atoms with E-state index < -0.39 is 12.0 Å². The van der Waals surface area contributed by atoms with Gasteiger partial charge in [0.1, 0.15) is 12.4 Å². The van der Waals surface area contributed by atoms with E-state index in [1.165, 1.54) is 17.3 Å². The van der Waals surface area contributed by atoms with Gasteiger partial charge in [0.2, 0.25) is 5.91 Å². The number of carbonyl (C=O) groups excluding carboxylic acids is 2. The van der Waals surface area contributed by atoms with Crippen LogP contribution in [0.15, 0.2) is 74.4 Å². The van der Waals surface area contributed by atoms with E-state index in [-0.39, 0.29) is 18.9 Å². The molecule has 1 aromatic heterocycles. The van der Waals surface area contributed by atoms with Crippen molar-refractivity contribution in [3.8, 4) is 0 Å². The smallest absolute Gasteiger partial charge is 0.338 e. The van der Waals surface area contributed by atoms with E-state index in [0.717, 1.165) is 16.4 Å². The van der Waals surface area contributed by atoms with E-state index >= 15 is 0 Å². The summed E-state index contributed by atoms with van der Waals surface area (Å²) in [5, 5.41) is 5.55. The molecule has 1 amide bonds. The predicted molar refractivity (Wildman–Crippen MR) is 139 cm³/mol. The van der Waals surface area contributed by atoms with Crippen LogP contribution in [-0.4, -0.2) is 42.3 Å². The van der Waals surface area contributed by atoms with Crippen molar-refractivity contribution in [3.63, 3.8) is 0 Å². The van der Waals surface area contributed by atoms with Gasteiger partial charge in [-0.3, -0.25) is 4.79 Å². The standard InChI is InChI=1S/C27H31N3O5S/c1-17(2)19-7-9-20(10-8-19)25-24(26(32)35-13-12-33-4)18(3)29-27-30(25)21(16-36-27)14-23(31)28-15-22-6-5-11-34-22/h5-11,16-17,25H,12-15H2,1-4H3,(H,28,31)/t25-/m0/s1. The molecule has 0 fully saturated rings. The van der Waals surface area contributed by atoms with Gasteiger partial charge in [0.15, 0.2) is 5.17 Å². The molecule has 2 aromatic rings. The molecule has 0 aliphatic carbocycles. The topological polar surface area (TPSA) is 93.4 Å². The first-order chi connectivity index (χ1) is 17.4. The van der Waals surface area contributed by atoms with Gasteiger partial charge in [-0.2, -0.15) is 0 Å². The van der Waals surface area contributed by atoms with Gasteiger partial charge in [0, 0.05) is 12.8 Å². The van der Waals surface area contributed by atoms with Gasteiger partial charge in [-0.25, -0.2) is 9.79 Å². The Morgan fingerprint density at radius 2 is 1.97 bits per heavy atom. The molecule has 0 saturated carbocycles. The van der Waals surface area contributed by atoms with Crippen molar-refractivity contribution in [2.45, 2.75) is 45.7 Å². The zero-order valence-electron chi connectivity index (χ0n) is 20.9. The molecule has 4 rings (SSSR count). The molecule has 8 nitrogen and oxygen atoms in total. The summed E-state index contributed by atoms with van der Waals surface area (Å²) in [7, 11) is 1.56. The molecular weight excluding hydrogens is 478 g/mol. The molecular formula is C27H31N3O5S. The number of esters is 1. The van der Waals surface area contributed by atoms with Crippen molar-refractivity contribution in [2.75, 3.05) is 20.3 Å². The average molecular weight is 510 g/mol. The summed E-state index contributed by atoms with van der Waals surface area (Å²) in [6, 6.07) is 11.4. The number of benzene rings is 1. The number of allylic oxidation sites excluding steroid dienone is 1. The quantitative estimate of drug-likeness (QED) is 0.361. The zero-order valence-corrected chi connectivity index (χ0v) is 21.8. The summed E-state index contributed by atoms with van der Waals surface area (Å²) in [6.45, 7) is 6.87. The van der Waals surface area contributed by atoms with Gasteiger partial charge in [-0.1, -0.05) is 49.9 Å². The van der Waals surface area contributed by atoms with Crippen LogP contribution < -0.4 is 5.32 Å². The fourth-order valence-electron chi connectivity index (χ4n) is 4.13. The van der Waals surface area contributed by atoms with E-state index in [4.69, 9.17) is 18.9 Å². The Labute approximate surface area is 215 Å². The summed E-state index contributed by atoms with van der Waals surface area (Å²) in [4.78, 5) is 32.7. The first kappa shape index (κ1) is 25.8. The number of furan rings is 1. The molecule has 0 saturated heterocycles. The molecule has 1 aromatic carbocycles. The number of rotatable bonds is 10. The van der Waals surface area contributed by atoms with Gasteiger partial charge < -0.3 is 24.1 Å². The Morgan fingerprint density at radius 1 is 1.19 bits per heavy atom. The van der Waals surface area contributed by atoms with E-state index in [1.54, 1.807) is 19.4 Å². The van der Waals surface area contributed by atoms with Crippen molar-refractivity contribution in [3.05, 3.63) is 81.9 Å². The van der Waals surface area contributed by atoms with Crippen LogP contribution in [0.2, 0.25) is 0 Å². The van der Waals surface area contributed by atoms with E-state index in [1.807, 2.05) is 35.4 Å². The second-order valence-electron chi connectivity index (χ2n) is 8.88. The number of methoxy groups -OCH3 is 1. The fourth-order valence-corrected chi connectivity index (χ4v) is 5.09. The number of nitrogens with one attached hydrogen (secondary N) is 1. The number of aliphatic imine (C=N–C) groups is 1. The van der Waals surface area contributed by atoms with Crippen LogP contribution >= 0.6 is 11.8 Å². The lowest BCUT2D eigenvalue weighted by molar-refractivity contribution is -0.141. The minimum absolute atomic E-state index is 0.137. The van der Waals surface area contributed by atoms with Crippen LogP contribution in [0.3, 0.4) is 0 Å². The van der Waals surface area contributed by atoms with Crippen LogP contribution in [0.1, 0.15) is 56.0 Å². The highest BCUT2D eigenvalue weighted by Crippen LogP contribution is 2.45. The maximum atomic E-state index is 13.2. The fraction of sp³-hybridized carbons (Fsp3) is 0.370. The number of ether oxygens (including phenoxy) is 2. The lowest BCUT2D eigenvalue weighted by Gasteiger charge is -2.36. The summed E-state index contributed by atoms with van der Waals surface area (Å²) >= 11 is 1.45. The molecule has 2 aliphatic heterocycles. The number of hydrogen-bond donors (Lipinski definition) is 1. The minimum Gasteiger partial charge on any atom is -0.467 e. The van der Waals surface area contributed by atoms with Gasteiger partial charge in [-0.05, 0) is 41.5 Å². The summed E-state index contributed by atoms with van der Waals surface area (Å²) in [5.41, 5.74) is 3.96. The monoisotopic (exact) mass is 509 g/mol. The number of amides is 1.